The molecule has 2 N–H and O–H groups in total. The van der Waals surface area contributed by atoms with Gasteiger partial charge in [0.1, 0.15) is 12.3 Å². The van der Waals surface area contributed by atoms with Gasteiger partial charge in [-0.05, 0) is 18.4 Å². The van der Waals surface area contributed by atoms with Crippen LogP contribution in [-0.4, -0.2) is 63.8 Å². The number of carbonyl (C=O) groups is 1. The van der Waals surface area contributed by atoms with E-state index < -0.39 is 0 Å². The normalized spacial score (nSPS) is 15.8. The van der Waals surface area contributed by atoms with Crippen LogP contribution in [0.5, 0.6) is 5.75 Å². The first-order chi connectivity index (χ1) is 13.5. The minimum absolute atomic E-state index is 0. The highest BCUT2D eigenvalue weighted by molar-refractivity contribution is 14.0. The summed E-state index contributed by atoms with van der Waals surface area (Å²) in [6.07, 6.45) is 1.72. The summed E-state index contributed by atoms with van der Waals surface area (Å²) in [6.45, 7) is 7.25. The average molecular weight is 518 g/mol. The number of hydrogen-bond acceptors (Lipinski definition) is 4. The summed E-state index contributed by atoms with van der Waals surface area (Å²) in [5.74, 6) is 2.05. The van der Waals surface area contributed by atoms with E-state index in [-0.39, 0.29) is 42.5 Å². The number of guanidine groups is 1. The molecule has 7 nitrogen and oxygen atoms in total. The van der Waals surface area contributed by atoms with Crippen LogP contribution in [0.4, 0.5) is 0 Å². The Kier molecular flexibility index (Phi) is 12.0. The molecule has 1 atom stereocenters. The van der Waals surface area contributed by atoms with Crippen molar-refractivity contribution in [2.24, 2.45) is 10.9 Å². The third-order valence-corrected chi connectivity index (χ3v) is 4.35. The van der Waals surface area contributed by atoms with Crippen LogP contribution >= 0.6 is 24.0 Å². The van der Waals surface area contributed by atoms with E-state index in [0.717, 1.165) is 37.3 Å². The van der Waals surface area contributed by atoms with Gasteiger partial charge in [-0.3, -0.25) is 4.79 Å². The number of nitrogens with zero attached hydrogens (tertiary/aromatic N) is 2. The second-order valence-corrected chi connectivity index (χ2v) is 7.57. The van der Waals surface area contributed by atoms with Crippen molar-refractivity contribution < 1.29 is 14.3 Å². The Balaban J connectivity index is 0.00000420. The van der Waals surface area contributed by atoms with Gasteiger partial charge in [0.25, 0.3) is 0 Å². The molecule has 1 amide bonds. The zero-order valence-corrected chi connectivity index (χ0v) is 20.3. The molecule has 0 saturated carbocycles. The van der Waals surface area contributed by atoms with E-state index in [9.17, 15) is 4.79 Å². The van der Waals surface area contributed by atoms with Gasteiger partial charge in [0.05, 0.1) is 12.6 Å². The summed E-state index contributed by atoms with van der Waals surface area (Å²) >= 11 is 0. The molecule has 29 heavy (non-hydrogen) atoms. The first-order valence-corrected chi connectivity index (χ1v) is 10.0. The fourth-order valence-electron chi connectivity index (χ4n) is 2.80. The zero-order chi connectivity index (χ0) is 20.4. The van der Waals surface area contributed by atoms with E-state index in [1.54, 1.807) is 19.0 Å². The summed E-state index contributed by atoms with van der Waals surface area (Å²) in [6, 6.07) is 8.13. The van der Waals surface area contributed by atoms with Crippen LogP contribution in [0.2, 0.25) is 0 Å². The van der Waals surface area contributed by atoms with E-state index in [4.69, 9.17) is 9.47 Å². The average Bonchev–Trinajstić information content (AvgIpc) is 2.68. The number of halogens is 1. The number of hydrogen-bond donors (Lipinski definition) is 2. The van der Waals surface area contributed by atoms with Gasteiger partial charge in [0.15, 0.2) is 5.96 Å². The highest BCUT2D eigenvalue weighted by atomic mass is 127. The molecular weight excluding hydrogens is 483 g/mol. The second-order valence-electron chi connectivity index (χ2n) is 7.57. The first kappa shape index (κ1) is 25.5. The lowest BCUT2D eigenvalue weighted by atomic mass is 10.0. The summed E-state index contributed by atoms with van der Waals surface area (Å²) in [7, 11) is 3.47. The highest BCUT2D eigenvalue weighted by Gasteiger charge is 2.22. The third-order valence-electron chi connectivity index (χ3n) is 4.35. The molecule has 1 unspecified atom stereocenters. The number of amides is 1. The Hall–Kier alpha value is -1.55. The number of rotatable bonds is 9. The number of likely N-dealkylation sites (N-methyl/N-ethyl adjacent to an activating group) is 1. The van der Waals surface area contributed by atoms with Gasteiger partial charge in [0.2, 0.25) is 5.91 Å². The molecule has 0 aliphatic carbocycles. The fourth-order valence-corrected chi connectivity index (χ4v) is 2.80. The van der Waals surface area contributed by atoms with Gasteiger partial charge in [-0.25, -0.2) is 4.99 Å². The van der Waals surface area contributed by atoms with E-state index in [0.29, 0.717) is 25.1 Å². The molecule has 164 valence electrons. The number of ether oxygens (including phenoxy) is 2. The summed E-state index contributed by atoms with van der Waals surface area (Å²) in [5.41, 5.74) is 1.11. The predicted octanol–water partition coefficient (Wildman–Crippen LogP) is 2.81. The van der Waals surface area contributed by atoms with E-state index >= 15 is 0 Å². The summed E-state index contributed by atoms with van der Waals surface area (Å²) in [5, 5.41) is 6.79. The van der Waals surface area contributed by atoms with Gasteiger partial charge in [0, 0.05) is 45.8 Å². The lowest BCUT2D eigenvalue weighted by molar-refractivity contribution is -0.127. The fraction of sp³-hybridized carbons (Fsp3) is 0.619. The second kappa shape index (κ2) is 13.6. The highest BCUT2D eigenvalue weighted by Crippen LogP contribution is 2.31. The standard InChI is InChI=1S/C21H34N4O3.HI/c1-16(2)15-27-12-7-11-22-21(23-14-20(26)25(3)4)24-18-10-13-28-19-9-6-5-8-17(18)19;/h5-6,8-9,16,18H,7,10-15H2,1-4H3,(H2,22,23,24);1H. The maximum Gasteiger partial charge on any atom is 0.243 e. The topological polar surface area (TPSA) is 75.2 Å². The zero-order valence-electron chi connectivity index (χ0n) is 17.9. The number of carbonyl (C=O) groups excluding carboxylic acids is 1. The molecule has 1 aromatic carbocycles. The molecule has 1 aliphatic heterocycles. The molecule has 0 aromatic heterocycles. The van der Waals surface area contributed by atoms with Crippen molar-refractivity contribution >= 4 is 35.8 Å². The smallest absolute Gasteiger partial charge is 0.243 e. The van der Waals surface area contributed by atoms with Crippen LogP contribution in [0, 0.1) is 5.92 Å². The lowest BCUT2D eigenvalue weighted by Gasteiger charge is -2.28. The van der Waals surface area contributed by atoms with Crippen LogP contribution in [0.1, 0.15) is 38.3 Å². The van der Waals surface area contributed by atoms with Crippen molar-refractivity contribution in [3.63, 3.8) is 0 Å². The van der Waals surface area contributed by atoms with Crippen molar-refractivity contribution in [1.29, 1.82) is 0 Å². The number of fused-ring (bicyclic) bond motifs is 1. The molecule has 0 fully saturated rings. The minimum Gasteiger partial charge on any atom is -0.493 e. The van der Waals surface area contributed by atoms with Gasteiger partial charge >= 0.3 is 0 Å². The quantitative estimate of drug-likeness (QED) is 0.228. The van der Waals surface area contributed by atoms with Gasteiger partial charge < -0.3 is 25.0 Å². The summed E-state index contributed by atoms with van der Waals surface area (Å²) < 4.78 is 11.4. The van der Waals surface area contributed by atoms with Crippen LogP contribution in [-0.2, 0) is 9.53 Å². The Bertz CT molecular complexity index is 653. The van der Waals surface area contributed by atoms with Crippen molar-refractivity contribution in [3.8, 4) is 5.75 Å². The molecule has 8 heteroatoms. The monoisotopic (exact) mass is 518 g/mol. The predicted molar refractivity (Wildman–Crippen MR) is 127 cm³/mol. The Morgan fingerprint density at radius 1 is 1.34 bits per heavy atom. The summed E-state index contributed by atoms with van der Waals surface area (Å²) in [4.78, 5) is 18.0. The third kappa shape index (κ3) is 9.20. The van der Waals surface area contributed by atoms with Gasteiger partial charge in [-0.15, -0.1) is 24.0 Å². The van der Waals surface area contributed by atoms with E-state index in [2.05, 4.69) is 35.5 Å². The van der Waals surface area contributed by atoms with Crippen molar-refractivity contribution in [2.45, 2.75) is 32.7 Å². The number of nitrogens with one attached hydrogen (secondary N) is 2. The molecule has 1 aliphatic rings. The Morgan fingerprint density at radius 3 is 2.83 bits per heavy atom. The Morgan fingerprint density at radius 2 is 2.10 bits per heavy atom. The Labute approximate surface area is 191 Å². The molecule has 0 bridgehead atoms. The molecular formula is C21H35IN4O3. The number of aliphatic imine (C=N–C) groups is 1. The lowest BCUT2D eigenvalue weighted by Crippen LogP contribution is -2.42. The van der Waals surface area contributed by atoms with Gasteiger partial charge in [-0.2, -0.15) is 0 Å². The largest absolute Gasteiger partial charge is 0.493 e. The minimum atomic E-state index is -0.0336. The van der Waals surface area contributed by atoms with Crippen molar-refractivity contribution in [3.05, 3.63) is 29.8 Å². The SMILES string of the molecule is CC(C)COCCCNC(=NCC(=O)N(C)C)NC1CCOc2ccccc21.I. The first-order valence-electron chi connectivity index (χ1n) is 10.0. The van der Waals surface area contributed by atoms with Crippen LogP contribution in [0.25, 0.3) is 0 Å². The van der Waals surface area contributed by atoms with Crippen molar-refractivity contribution in [1.82, 2.24) is 15.5 Å². The van der Waals surface area contributed by atoms with Crippen LogP contribution in [0.3, 0.4) is 0 Å². The van der Waals surface area contributed by atoms with E-state index in [1.807, 2.05) is 18.2 Å². The molecule has 2 rings (SSSR count). The molecule has 0 saturated heterocycles. The number of benzene rings is 1. The number of para-hydroxylation sites is 1. The maximum absolute atomic E-state index is 11.9. The van der Waals surface area contributed by atoms with Crippen LogP contribution < -0.4 is 15.4 Å². The maximum atomic E-state index is 11.9. The van der Waals surface area contributed by atoms with E-state index in [1.165, 1.54) is 0 Å². The molecule has 0 spiro atoms. The van der Waals surface area contributed by atoms with Gasteiger partial charge in [-0.1, -0.05) is 32.0 Å². The molecule has 0 radical (unpaired) electrons. The van der Waals surface area contributed by atoms with Crippen molar-refractivity contribution in [2.75, 3.05) is 47.0 Å². The molecule has 1 aromatic rings. The van der Waals surface area contributed by atoms with Crippen LogP contribution in [0.15, 0.2) is 29.3 Å². The molecule has 1 heterocycles.